The van der Waals surface area contributed by atoms with Gasteiger partial charge >= 0.3 is 17.9 Å². The standard InChI is InChI=1S/C74H135NO8/c1-6-8-10-12-14-16-18-20-22-24-25-26-27-28-29-30-31-32-33-34-35-36-37-38-39-40-41-42-43-44-45-46-47-49-50-52-54-56-58-60-62-64-71(76)81-68-70(69-82-74(73(78)79)80-67-66-75(3,4)5)83-72(77)65-63-61-59-57-55-53-51-48-23-21-19-17-15-13-11-9-7-2/h9,11,15,17,21,23-25,51,53,70,74H,6-8,10,12-14,16,18-20,22,26-50,52,54-69H2,1-5H3/p+1/b11-9-,17-15-,23-21-,25-24-,53-51-. The number of ether oxygens (including phenoxy) is 4. The third-order valence-electron chi connectivity index (χ3n) is 15.8. The summed E-state index contributed by atoms with van der Waals surface area (Å²) in [7, 11) is 5.97. The molecule has 0 heterocycles. The highest BCUT2D eigenvalue weighted by Gasteiger charge is 2.25. The van der Waals surface area contributed by atoms with E-state index in [1.165, 1.54) is 231 Å². The van der Waals surface area contributed by atoms with Gasteiger partial charge < -0.3 is 28.5 Å². The lowest BCUT2D eigenvalue weighted by molar-refractivity contribution is -0.870. The third-order valence-corrected chi connectivity index (χ3v) is 15.8. The minimum Gasteiger partial charge on any atom is -0.477 e. The van der Waals surface area contributed by atoms with Crippen LogP contribution in [0.4, 0.5) is 0 Å². The number of esters is 2. The second kappa shape index (κ2) is 65.0. The summed E-state index contributed by atoms with van der Waals surface area (Å²) in [5.41, 5.74) is 0. The van der Waals surface area contributed by atoms with Gasteiger partial charge in [0.2, 0.25) is 0 Å². The highest BCUT2D eigenvalue weighted by atomic mass is 16.7. The predicted molar refractivity (Wildman–Crippen MR) is 355 cm³/mol. The van der Waals surface area contributed by atoms with E-state index in [1.54, 1.807) is 0 Å². The summed E-state index contributed by atoms with van der Waals surface area (Å²) in [4.78, 5) is 37.5. The highest BCUT2D eigenvalue weighted by molar-refractivity contribution is 5.71. The van der Waals surface area contributed by atoms with Crippen molar-refractivity contribution in [1.29, 1.82) is 0 Å². The maximum atomic E-state index is 12.9. The summed E-state index contributed by atoms with van der Waals surface area (Å²) in [5, 5.41) is 9.72. The Morgan fingerprint density at radius 3 is 1.04 bits per heavy atom. The molecular weight excluding hydrogens is 1030 g/mol. The number of carbonyl (C=O) groups is 3. The van der Waals surface area contributed by atoms with Gasteiger partial charge in [-0.2, -0.15) is 0 Å². The first-order valence-electron chi connectivity index (χ1n) is 35.5. The molecule has 0 aliphatic rings. The molecule has 0 rings (SSSR count). The average Bonchev–Trinajstić information content (AvgIpc) is 3.46. The Bertz CT molecular complexity index is 1550. The van der Waals surface area contributed by atoms with Crippen LogP contribution >= 0.6 is 0 Å². The molecule has 1 N–H and O–H groups in total. The maximum Gasteiger partial charge on any atom is 0.361 e. The molecule has 2 atom stereocenters. The van der Waals surface area contributed by atoms with Gasteiger partial charge in [0.05, 0.1) is 34.4 Å². The van der Waals surface area contributed by atoms with Crippen LogP contribution in [0.15, 0.2) is 60.8 Å². The van der Waals surface area contributed by atoms with Crippen LogP contribution in [0.3, 0.4) is 0 Å². The van der Waals surface area contributed by atoms with E-state index < -0.39 is 24.3 Å². The van der Waals surface area contributed by atoms with Gasteiger partial charge in [0.1, 0.15) is 13.2 Å². The van der Waals surface area contributed by atoms with E-state index in [-0.39, 0.29) is 32.2 Å². The monoisotopic (exact) mass is 1170 g/mol. The fourth-order valence-corrected chi connectivity index (χ4v) is 10.4. The molecule has 0 bridgehead atoms. The topological polar surface area (TPSA) is 108 Å². The first-order valence-corrected chi connectivity index (χ1v) is 35.5. The van der Waals surface area contributed by atoms with E-state index in [9.17, 15) is 19.5 Å². The van der Waals surface area contributed by atoms with E-state index >= 15 is 0 Å². The predicted octanol–water partition coefficient (Wildman–Crippen LogP) is 21.9. The average molecular weight is 1170 g/mol. The van der Waals surface area contributed by atoms with Crippen molar-refractivity contribution in [2.75, 3.05) is 47.5 Å². The number of rotatable bonds is 66. The van der Waals surface area contributed by atoms with Crippen molar-refractivity contribution in [1.82, 2.24) is 0 Å². The molecule has 0 spiro atoms. The number of nitrogens with zero attached hydrogens (tertiary/aromatic N) is 1. The van der Waals surface area contributed by atoms with Gasteiger partial charge in [-0.05, 0) is 77.0 Å². The van der Waals surface area contributed by atoms with Gasteiger partial charge in [-0.25, -0.2) is 4.79 Å². The maximum absolute atomic E-state index is 12.9. The Morgan fingerprint density at radius 2 is 0.687 bits per heavy atom. The minimum absolute atomic E-state index is 0.182. The zero-order chi connectivity index (χ0) is 60.5. The number of aliphatic carboxylic acids is 1. The lowest BCUT2D eigenvalue weighted by Crippen LogP contribution is -2.40. The molecule has 0 aromatic carbocycles. The smallest absolute Gasteiger partial charge is 0.361 e. The molecule has 0 saturated heterocycles. The van der Waals surface area contributed by atoms with Crippen molar-refractivity contribution in [3.05, 3.63) is 60.8 Å². The molecule has 0 aliphatic heterocycles. The number of carbonyl (C=O) groups excluding carboxylic acids is 2. The van der Waals surface area contributed by atoms with Crippen molar-refractivity contribution in [2.45, 2.75) is 347 Å². The number of hydrogen-bond acceptors (Lipinski definition) is 7. The van der Waals surface area contributed by atoms with Crippen LogP contribution in [0, 0.1) is 0 Å². The zero-order valence-electron chi connectivity index (χ0n) is 55.4. The van der Waals surface area contributed by atoms with Crippen molar-refractivity contribution in [3.63, 3.8) is 0 Å². The largest absolute Gasteiger partial charge is 0.477 e. The Labute approximate surface area is 514 Å². The highest BCUT2D eigenvalue weighted by Crippen LogP contribution is 2.18. The van der Waals surface area contributed by atoms with Crippen molar-refractivity contribution in [2.24, 2.45) is 0 Å². The Morgan fingerprint density at radius 1 is 0.373 bits per heavy atom. The molecule has 0 fully saturated rings. The third kappa shape index (κ3) is 66.4. The van der Waals surface area contributed by atoms with Gasteiger partial charge in [0.15, 0.2) is 6.10 Å². The molecule has 0 radical (unpaired) electrons. The number of carboxylic acids is 1. The fourth-order valence-electron chi connectivity index (χ4n) is 10.4. The van der Waals surface area contributed by atoms with Crippen LogP contribution in [-0.4, -0.2) is 87.4 Å². The van der Waals surface area contributed by atoms with Crippen molar-refractivity contribution >= 4 is 17.9 Å². The van der Waals surface area contributed by atoms with Crippen LogP contribution in [0.25, 0.3) is 0 Å². The van der Waals surface area contributed by atoms with E-state index in [2.05, 4.69) is 74.6 Å². The molecule has 0 saturated carbocycles. The molecule has 484 valence electrons. The van der Waals surface area contributed by atoms with Crippen LogP contribution in [-0.2, 0) is 33.3 Å². The summed E-state index contributed by atoms with van der Waals surface area (Å²) < 4.78 is 22.9. The van der Waals surface area contributed by atoms with Gasteiger partial charge in [0.25, 0.3) is 6.29 Å². The second-order valence-corrected chi connectivity index (χ2v) is 25.2. The van der Waals surface area contributed by atoms with E-state index in [1.807, 2.05) is 21.1 Å². The van der Waals surface area contributed by atoms with E-state index in [0.29, 0.717) is 23.9 Å². The summed E-state index contributed by atoms with van der Waals surface area (Å²) >= 11 is 0. The number of hydrogen-bond donors (Lipinski definition) is 1. The van der Waals surface area contributed by atoms with Crippen LogP contribution in [0.2, 0.25) is 0 Å². The normalized spacial score (nSPS) is 13.0. The molecule has 0 amide bonds. The molecule has 0 aromatic heterocycles. The van der Waals surface area contributed by atoms with Gasteiger partial charge in [-0.15, -0.1) is 0 Å². The lowest BCUT2D eigenvalue weighted by Gasteiger charge is -2.25. The quantitative estimate of drug-likeness (QED) is 0.0211. The van der Waals surface area contributed by atoms with E-state index in [0.717, 1.165) is 70.6 Å². The van der Waals surface area contributed by atoms with Crippen molar-refractivity contribution in [3.8, 4) is 0 Å². The molecule has 9 heteroatoms. The van der Waals surface area contributed by atoms with E-state index in [4.69, 9.17) is 18.9 Å². The first kappa shape index (κ1) is 80.0. The minimum atomic E-state index is -1.52. The Kier molecular flexibility index (Phi) is 62.6. The number of likely N-dealkylation sites (N-methyl/N-ethyl adjacent to an activating group) is 1. The van der Waals surface area contributed by atoms with Crippen LogP contribution < -0.4 is 0 Å². The number of unbranched alkanes of at least 4 members (excludes halogenated alkanes) is 41. The Balaban J connectivity index is 3.91. The first-order chi connectivity index (χ1) is 40.6. The molecular formula is C74H136NO8+. The number of allylic oxidation sites excluding steroid dienone is 10. The lowest BCUT2D eigenvalue weighted by atomic mass is 10.0. The molecule has 0 aromatic rings. The Hall–Kier alpha value is -3.01. The SMILES string of the molecule is CC/C=C\C/C=C\C/C=C\C/C=C\CCCCCCC(=O)OC(COC(=O)CCCCCCCCCCCCCCCCCCCCCCCCCCCCCCC/C=C\CCCCCCCCCC)COC(OCC[N+](C)(C)C)C(=O)O. The molecule has 0 aliphatic carbocycles. The van der Waals surface area contributed by atoms with Gasteiger partial charge in [-0.1, -0.05) is 306 Å². The second-order valence-electron chi connectivity index (χ2n) is 25.2. The van der Waals surface area contributed by atoms with Gasteiger partial charge in [-0.3, -0.25) is 9.59 Å². The summed E-state index contributed by atoms with van der Waals surface area (Å²) in [6.45, 7) is 4.77. The summed E-state index contributed by atoms with van der Waals surface area (Å²) in [6.07, 6.45) is 82.3. The summed E-state index contributed by atoms with van der Waals surface area (Å²) in [6, 6.07) is 0. The molecule has 9 nitrogen and oxygen atoms in total. The molecule has 2 unspecified atom stereocenters. The van der Waals surface area contributed by atoms with Crippen LogP contribution in [0.5, 0.6) is 0 Å². The van der Waals surface area contributed by atoms with Crippen molar-refractivity contribution < 1.29 is 42.9 Å². The fraction of sp³-hybridized carbons (Fsp3) is 0.824. The van der Waals surface area contributed by atoms with Gasteiger partial charge in [0, 0.05) is 12.8 Å². The summed E-state index contributed by atoms with van der Waals surface area (Å²) in [5.74, 6) is -2.03. The van der Waals surface area contributed by atoms with Crippen LogP contribution in [0.1, 0.15) is 335 Å². The number of carboxylic acid groups (broad SMARTS) is 1. The molecule has 83 heavy (non-hydrogen) atoms. The zero-order valence-corrected chi connectivity index (χ0v) is 55.4. The number of quaternary nitrogens is 1.